The topological polar surface area (TPSA) is 80.4 Å². The highest BCUT2D eigenvalue weighted by molar-refractivity contribution is 5.99. The third-order valence-electron chi connectivity index (χ3n) is 5.26. The summed E-state index contributed by atoms with van der Waals surface area (Å²) in [6.07, 6.45) is 0. The molecule has 1 aliphatic heterocycles. The molecule has 29 heavy (non-hydrogen) atoms. The maximum Gasteiger partial charge on any atom is 0.293 e. The van der Waals surface area contributed by atoms with Crippen LogP contribution in [0.2, 0.25) is 0 Å². The van der Waals surface area contributed by atoms with Gasteiger partial charge in [0, 0.05) is 31.8 Å². The quantitative estimate of drug-likeness (QED) is 0.583. The van der Waals surface area contributed by atoms with Crippen molar-refractivity contribution in [3.8, 4) is 5.75 Å². The van der Waals surface area contributed by atoms with Crippen molar-refractivity contribution >= 4 is 17.3 Å². The minimum Gasteiger partial charge on any atom is -0.496 e. The Morgan fingerprint density at radius 3 is 2.41 bits per heavy atom. The highest BCUT2D eigenvalue weighted by Gasteiger charge is 2.29. The average Bonchev–Trinajstić information content (AvgIpc) is 2.73. The van der Waals surface area contributed by atoms with Crippen molar-refractivity contribution < 1.29 is 19.4 Å². The summed E-state index contributed by atoms with van der Waals surface area (Å²) in [5.74, 6) is 0.123. The lowest BCUT2D eigenvalue weighted by Gasteiger charge is -2.32. The number of nitro benzene ring substituents is 1. The second-order valence-electron chi connectivity index (χ2n) is 7.40. The standard InChI is InChI=1S/C21H26N4O4/c1-22(2)18-14-20(29-3)17(13-19(18)25(27)28)21(26)24-11-9-23(10-12-24)15-16-7-5-4-6-8-16/h4-8,13-14H,9-12,15H2,1-3H3/p+1. The lowest BCUT2D eigenvalue weighted by atomic mass is 10.1. The van der Waals surface area contributed by atoms with E-state index in [-0.39, 0.29) is 17.2 Å². The van der Waals surface area contributed by atoms with Crippen molar-refractivity contribution in [2.75, 3.05) is 52.3 Å². The molecule has 0 spiro atoms. The molecule has 1 saturated heterocycles. The average molecular weight is 399 g/mol. The van der Waals surface area contributed by atoms with Crippen LogP contribution in [0.3, 0.4) is 0 Å². The molecule has 1 fully saturated rings. The molecule has 0 aromatic heterocycles. The van der Waals surface area contributed by atoms with Crippen LogP contribution in [0.5, 0.6) is 5.75 Å². The predicted octanol–water partition coefficient (Wildman–Crippen LogP) is 1.21. The van der Waals surface area contributed by atoms with Crippen LogP contribution in [0.15, 0.2) is 42.5 Å². The Morgan fingerprint density at radius 2 is 1.86 bits per heavy atom. The number of ether oxygens (including phenoxy) is 1. The van der Waals surface area contributed by atoms with Gasteiger partial charge in [-0.15, -0.1) is 0 Å². The van der Waals surface area contributed by atoms with Crippen LogP contribution in [0.4, 0.5) is 11.4 Å². The first kappa shape index (κ1) is 20.6. The maximum atomic E-state index is 13.1. The molecule has 1 amide bonds. The summed E-state index contributed by atoms with van der Waals surface area (Å²) in [7, 11) is 4.91. The molecule has 8 heteroatoms. The van der Waals surface area contributed by atoms with Crippen molar-refractivity contribution in [1.29, 1.82) is 0 Å². The van der Waals surface area contributed by atoms with Gasteiger partial charge in [0.15, 0.2) is 0 Å². The van der Waals surface area contributed by atoms with Crippen LogP contribution >= 0.6 is 0 Å². The Hall–Kier alpha value is -3.13. The number of rotatable bonds is 6. The molecule has 0 saturated carbocycles. The lowest BCUT2D eigenvalue weighted by molar-refractivity contribution is -0.917. The molecule has 8 nitrogen and oxygen atoms in total. The number of hydrogen-bond donors (Lipinski definition) is 1. The van der Waals surface area contributed by atoms with Gasteiger partial charge in [0.05, 0.1) is 43.8 Å². The van der Waals surface area contributed by atoms with Crippen LogP contribution < -0.4 is 14.5 Å². The zero-order chi connectivity index (χ0) is 21.0. The number of anilines is 1. The van der Waals surface area contributed by atoms with Gasteiger partial charge in [-0.05, 0) is 0 Å². The highest BCUT2D eigenvalue weighted by Crippen LogP contribution is 2.35. The molecule has 3 rings (SSSR count). The second kappa shape index (κ2) is 8.91. The van der Waals surface area contributed by atoms with Crippen LogP contribution in [-0.2, 0) is 6.54 Å². The van der Waals surface area contributed by atoms with Gasteiger partial charge in [-0.2, -0.15) is 0 Å². The van der Waals surface area contributed by atoms with Gasteiger partial charge in [-0.1, -0.05) is 30.3 Å². The van der Waals surface area contributed by atoms with Crippen molar-refractivity contribution in [3.05, 3.63) is 63.7 Å². The number of nitro groups is 1. The van der Waals surface area contributed by atoms with E-state index in [0.29, 0.717) is 24.5 Å². The fourth-order valence-electron chi connectivity index (χ4n) is 3.66. The zero-order valence-electron chi connectivity index (χ0n) is 17.1. The molecule has 0 bridgehead atoms. The zero-order valence-corrected chi connectivity index (χ0v) is 17.1. The number of amides is 1. The number of hydrogen-bond acceptors (Lipinski definition) is 5. The van der Waals surface area contributed by atoms with E-state index in [1.54, 1.807) is 30.0 Å². The molecule has 1 aliphatic rings. The monoisotopic (exact) mass is 399 g/mol. The first-order valence-corrected chi connectivity index (χ1v) is 9.61. The first-order valence-electron chi connectivity index (χ1n) is 9.61. The number of carbonyl (C=O) groups is 1. The summed E-state index contributed by atoms with van der Waals surface area (Å²) >= 11 is 0. The molecule has 0 radical (unpaired) electrons. The van der Waals surface area contributed by atoms with E-state index in [0.717, 1.165) is 19.6 Å². The molecule has 0 atom stereocenters. The fraction of sp³-hybridized carbons (Fsp3) is 0.381. The van der Waals surface area contributed by atoms with Crippen molar-refractivity contribution in [3.63, 3.8) is 0 Å². The first-order chi connectivity index (χ1) is 13.9. The van der Waals surface area contributed by atoms with E-state index < -0.39 is 4.92 Å². The molecule has 2 aromatic rings. The van der Waals surface area contributed by atoms with E-state index >= 15 is 0 Å². The molecule has 1 heterocycles. The molecule has 0 unspecified atom stereocenters. The summed E-state index contributed by atoms with van der Waals surface area (Å²) < 4.78 is 5.38. The number of methoxy groups -OCH3 is 1. The van der Waals surface area contributed by atoms with Gasteiger partial charge in [-0.25, -0.2) is 0 Å². The normalized spacial score (nSPS) is 14.5. The van der Waals surface area contributed by atoms with Gasteiger partial charge < -0.3 is 19.4 Å². The second-order valence-corrected chi connectivity index (χ2v) is 7.40. The molecule has 1 N–H and O–H groups in total. The smallest absolute Gasteiger partial charge is 0.293 e. The van der Waals surface area contributed by atoms with Crippen LogP contribution in [0.1, 0.15) is 15.9 Å². The van der Waals surface area contributed by atoms with Crippen molar-refractivity contribution in [2.45, 2.75) is 6.54 Å². The molecular weight excluding hydrogens is 372 g/mol. The third kappa shape index (κ3) is 4.65. The van der Waals surface area contributed by atoms with E-state index in [1.807, 2.05) is 18.2 Å². The molecule has 2 aromatic carbocycles. The molecule has 0 aliphatic carbocycles. The van der Waals surface area contributed by atoms with Crippen molar-refractivity contribution in [1.82, 2.24) is 4.90 Å². The minimum atomic E-state index is -0.465. The van der Waals surface area contributed by atoms with Crippen molar-refractivity contribution in [2.24, 2.45) is 0 Å². The van der Waals surface area contributed by atoms with Gasteiger partial charge in [0.25, 0.3) is 11.6 Å². The summed E-state index contributed by atoms with van der Waals surface area (Å²) in [6.45, 7) is 3.80. The highest BCUT2D eigenvalue weighted by atomic mass is 16.6. The molecular formula is C21H27N4O4+. The van der Waals surface area contributed by atoms with Gasteiger partial charge in [0.1, 0.15) is 18.0 Å². The van der Waals surface area contributed by atoms with Crippen LogP contribution in [-0.4, -0.2) is 63.1 Å². The van der Waals surface area contributed by atoms with Crippen LogP contribution in [0, 0.1) is 10.1 Å². The van der Waals surface area contributed by atoms with E-state index in [9.17, 15) is 14.9 Å². The summed E-state index contributed by atoms with van der Waals surface area (Å²) in [5.41, 5.74) is 1.81. The number of carbonyl (C=O) groups excluding carboxylic acids is 1. The minimum absolute atomic E-state index is 0.104. The largest absolute Gasteiger partial charge is 0.496 e. The third-order valence-corrected chi connectivity index (χ3v) is 5.26. The number of benzene rings is 2. The Kier molecular flexibility index (Phi) is 6.33. The molecule has 154 valence electrons. The Bertz CT molecular complexity index is 878. The number of nitrogens with one attached hydrogen (secondary N) is 1. The SMILES string of the molecule is COc1cc(N(C)C)c([N+](=O)[O-])cc1C(=O)N1CC[NH+](Cc2ccccc2)CC1. The summed E-state index contributed by atoms with van der Waals surface area (Å²) in [4.78, 5) is 29.0. The van der Waals surface area contributed by atoms with Gasteiger partial charge in [0.2, 0.25) is 0 Å². The van der Waals surface area contributed by atoms with E-state index in [4.69, 9.17) is 4.74 Å². The van der Waals surface area contributed by atoms with Crippen LogP contribution in [0.25, 0.3) is 0 Å². The predicted molar refractivity (Wildman–Crippen MR) is 111 cm³/mol. The summed E-state index contributed by atoms with van der Waals surface area (Å²) in [6, 6.07) is 13.2. The Morgan fingerprint density at radius 1 is 1.21 bits per heavy atom. The number of nitrogens with zero attached hydrogens (tertiary/aromatic N) is 3. The van der Waals surface area contributed by atoms with E-state index in [1.165, 1.54) is 23.6 Å². The summed E-state index contributed by atoms with van der Waals surface area (Å²) in [5, 5.41) is 11.5. The Labute approximate surface area is 170 Å². The van der Waals surface area contributed by atoms with Gasteiger partial charge >= 0.3 is 0 Å². The van der Waals surface area contributed by atoms with Gasteiger partial charge in [-0.3, -0.25) is 14.9 Å². The lowest BCUT2D eigenvalue weighted by Crippen LogP contribution is -3.13. The van der Waals surface area contributed by atoms with E-state index in [2.05, 4.69) is 12.1 Å². The maximum absolute atomic E-state index is 13.1. The Balaban J connectivity index is 1.75. The fourth-order valence-corrected chi connectivity index (χ4v) is 3.66. The number of piperazine rings is 1. The number of quaternary nitrogens is 1.